The number of phenolic OH excluding ortho intramolecular Hbond substituents is 1. The first-order chi connectivity index (χ1) is 11.3. The Kier molecular flexibility index (Phi) is 5.72. The second-order valence-electron chi connectivity index (χ2n) is 4.73. The van der Waals surface area contributed by atoms with Crippen LogP contribution in [0.4, 0.5) is 17.3 Å². The number of benzene rings is 2. The quantitative estimate of drug-likeness (QED) is 0.213. The first-order valence-electron chi connectivity index (χ1n) is 6.38. The first-order valence-corrected chi connectivity index (χ1v) is 8.17. The van der Waals surface area contributed by atoms with Gasteiger partial charge in [0, 0.05) is 11.1 Å². The van der Waals surface area contributed by atoms with E-state index in [1.54, 1.807) is 6.07 Å². The van der Waals surface area contributed by atoms with E-state index in [0.717, 1.165) is 6.07 Å². The van der Waals surface area contributed by atoms with Crippen LogP contribution in [-0.2, 0) is 10.1 Å². The molecule has 0 aliphatic heterocycles. The molecule has 0 spiro atoms. The number of aromatic hydroxyl groups is 1. The average Bonchev–Trinajstić information content (AvgIpc) is 2.49. The SMILES string of the molecule is Nc1c(S(=O)(=O)[O-])cc2cc(Nc3ncnc(Cl)n3)ccc2c1O.[Na+]. The van der Waals surface area contributed by atoms with Gasteiger partial charge in [-0.2, -0.15) is 4.98 Å². The molecule has 0 saturated carbocycles. The van der Waals surface area contributed by atoms with Crippen molar-refractivity contribution >= 4 is 49.8 Å². The summed E-state index contributed by atoms with van der Waals surface area (Å²) in [5.74, 6) is -0.303. The molecule has 3 aromatic rings. The Morgan fingerprint density at radius 3 is 2.60 bits per heavy atom. The second kappa shape index (κ2) is 7.28. The molecule has 12 heteroatoms. The number of hydrogen-bond acceptors (Lipinski definition) is 9. The zero-order chi connectivity index (χ0) is 17.5. The molecule has 0 amide bonds. The molecule has 0 bridgehead atoms. The molecular formula is C13H9ClN5NaO4S. The van der Waals surface area contributed by atoms with E-state index in [1.165, 1.54) is 18.5 Å². The van der Waals surface area contributed by atoms with Gasteiger partial charge in [0.05, 0.1) is 10.6 Å². The molecule has 0 fully saturated rings. The van der Waals surface area contributed by atoms with Gasteiger partial charge in [0.1, 0.15) is 22.2 Å². The number of anilines is 3. The molecular weight excluding hydrogens is 381 g/mol. The van der Waals surface area contributed by atoms with Gasteiger partial charge in [-0.1, -0.05) is 0 Å². The van der Waals surface area contributed by atoms with Gasteiger partial charge in [-0.05, 0) is 41.3 Å². The van der Waals surface area contributed by atoms with Gasteiger partial charge in [0.2, 0.25) is 11.2 Å². The minimum atomic E-state index is -4.83. The molecule has 25 heavy (non-hydrogen) atoms. The van der Waals surface area contributed by atoms with Crippen LogP contribution in [-0.4, -0.2) is 33.0 Å². The fraction of sp³-hybridized carbons (Fsp3) is 0. The van der Waals surface area contributed by atoms with Crippen LogP contribution < -0.4 is 40.6 Å². The standard InChI is InChI=1S/C13H10ClN5O4S.Na/c14-12-16-5-17-13(19-12)18-7-1-2-8-6(3-7)4-9(24(21,22)23)10(15)11(8)20;/h1-5,20H,15H2,(H,21,22,23)(H,16,17,18,19);/q;+1/p-1. The summed E-state index contributed by atoms with van der Waals surface area (Å²) >= 11 is 5.66. The molecule has 2 aromatic carbocycles. The molecule has 0 radical (unpaired) electrons. The minimum Gasteiger partial charge on any atom is -0.744 e. The van der Waals surface area contributed by atoms with Crippen molar-refractivity contribution in [2.75, 3.05) is 11.1 Å². The van der Waals surface area contributed by atoms with E-state index in [4.69, 9.17) is 17.3 Å². The Balaban J connectivity index is 0.00000225. The maximum atomic E-state index is 11.3. The Hall–Kier alpha value is -1.69. The topological polar surface area (TPSA) is 154 Å². The number of hydrogen-bond donors (Lipinski definition) is 3. The zero-order valence-corrected chi connectivity index (χ0v) is 16.3. The summed E-state index contributed by atoms with van der Waals surface area (Å²) in [6.07, 6.45) is 1.22. The van der Waals surface area contributed by atoms with Crippen LogP contribution in [0.2, 0.25) is 5.28 Å². The van der Waals surface area contributed by atoms with Gasteiger partial charge in [-0.25, -0.2) is 18.4 Å². The van der Waals surface area contributed by atoms with Gasteiger partial charge in [-0.3, -0.25) is 0 Å². The zero-order valence-electron chi connectivity index (χ0n) is 12.8. The van der Waals surface area contributed by atoms with Crippen LogP contribution in [0.15, 0.2) is 35.5 Å². The third kappa shape index (κ3) is 4.11. The summed E-state index contributed by atoms with van der Waals surface area (Å²) in [6.45, 7) is 0. The average molecular weight is 390 g/mol. The van der Waals surface area contributed by atoms with Gasteiger partial charge < -0.3 is 20.7 Å². The molecule has 0 saturated heterocycles. The summed E-state index contributed by atoms with van der Waals surface area (Å²) in [5.41, 5.74) is 5.52. The van der Waals surface area contributed by atoms with Crippen molar-refractivity contribution in [2.45, 2.75) is 4.90 Å². The number of rotatable bonds is 3. The molecule has 4 N–H and O–H groups in total. The molecule has 0 atom stereocenters. The van der Waals surface area contributed by atoms with E-state index >= 15 is 0 Å². The normalized spacial score (nSPS) is 11.1. The van der Waals surface area contributed by atoms with E-state index in [2.05, 4.69) is 20.3 Å². The van der Waals surface area contributed by atoms with E-state index < -0.39 is 26.5 Å². The monoisotopic (exact) mass is 389 g/mol. The van der Waals surface area contributed by atoms with Crippen molar-refractivity contribution in [3.8, 4) is 5.75 Å². The van der Waals surface area contributed by atoms with Crippen LogP contribution in [0.25, 0.3) is 10.8 Å². The number of phenols is 1. The van der Waals surface area contributed by atoms with Crippen LogP contribution in [0.1, 0.15) is 0 Å². The third-order valence-electron chi connectivity index (χ3n) is 3.18. The van der Waals surface area contributed by atoms with Crippen molar-refractivity contribution in [1.82, 2.24) is 15.0 Å². The number of fused-ring (bicyclic) bond motifs is 1. The maximum absolute atomic E-state index is 11.3. The molecule has 9 nitrogen and oxygen atoms in total. The first kappa shape index (κ1) is 19.6. The Morgan fingerprint density at radius 2 is 1.96 bits per heavy atom. The van der Waals surface area contributed by atoms with Crippen LogP contribution >= 0.6 is 11.6 Å². The van der Waals surface area contributed by atoms with Crippen LogP contribution in [0.5, 0.6) is 5.75 Å². The summed E-state index contributed by atoms with van der Waals surface area (Å²) in [4.78, 5) is 10.7. The van der Waals surface area contributed by atoms with Crippen molar-refractivity contribution < 1.29 is 47.6 Å². The maximum Gasteiger partial charge on any atom is 1.00 e. The summed E-state index contributed by atoms with van der Waals surface area (Å²) in [6, 6.07) is 5.69. The van der Waals surface area contributed by atoms with Gasteiger partial charge in [-0.15, -0.1) is 0 Å². The molecule has 0 aliphatic rings. The van der Waals surface area contributed by atoms with Gasteiger partial charge in [0.15, 0.2) is 0 Å². The Labute approximate surface area is 169 Å². The molecule has 124 valence electrons. The van der Waals surface area contributed by atoms with Crippen LogP contribution in [0.3, 0.4) is 0 Å². The van der Waals surface area contributed by atoms with Crippen molar-refractivity contribution in [1.29, 1.82) is 0 Å². The molecule has 1 heterocycles. The van der Waals surface area contributed by atoms with Gasteiger partial charge in [0.25, 0.3) is 0 Å². The Morgan fingerprint density at radius 1 is 1.24 bits per heavy atom. The van der Waals surface area contributed by atoms with E-state index in [9.17, 15) is 18.1 Å². The Bertz CT molecular complexity index is 1060. The molecule has 0 unspecified atom stereocenters. The fourth-order valence-electron chi connectivity index (χ4n) is 2.13. The fourth-order valence-corrected chi connectivity index (χ4v) is 2.89. The number of nitrogens with two attached hydrogens (primary N) is 1. The molecule has 0 aliphatic carbocycles. The van der Waals surface area contributed by atoms with Crippen molar-refractivity contribution in [3.63, 3.8) is 0 Å². The number of nitrogens with zero attached hydrogens (tertiary/aromatic N) is 3. The summed E-state index contributed by atoms with van der Waals surface area (Å²) < 4.78 is 33.8. The number of nitrogens with one attached hydrogen (secondary N) is 1. The summed E-state index contributed by atoms with van der Waals surface area (Å²) in [7, 11) is -4.83. The number of aromatic nitrogens is 3. The van der Waals surface area contributed by atoms with E-state index in [0.29, 0.717) is 16.5 Å². The van der Waals surface area contributed by atoms with E-state index in [1.807, 2.05) is 0 Å². The van der Waals surface area contributed by atoms with Crippen molar-refractivity contribution in [2.24, 2.45) is 0 Å². The minimum absolute atomic E-state index is 0. The molecule has 1 aromatic heterocycles. The number of halogens is 1. The predicted molar refractivity (Wildman–Crippen MR) is 86.1 cm³/mol. The van der Waals surface area contributed by atoms with Gasteiger partial charge >= 0.3 is 29.6 Å². The van der Waals surface area contributed by atoms with E-state index in [-0.39, 0.29) is 40.8 Å². The smallest absolute Gasteiger partial charge is 0.744 e. The summed E-state index contributed by atoms with van der Waals surface area (Å²) in [5, 5.41) is 13.4. The van der Waals surface area contributed by atoms with Crippen molar-refractivity contribution in [3.05, 3.63) is 35.9 Å². The second-order valence-corrected chi connectivity index (χ2v) is 6.42. The molecule has 3 rings (SSSR count). The largest absolute Gasteiger partial charge is 1.00 e. The van der Waals surface area contributed by atoms with Crippen LogP contribution in [0, 0.1) is 0 Å². The third-order valence-corrected chi connectivity index (χ3v) is 4.24. The predicted octanol–water partition coefficient (Wildman–Crippen LogP) is -1.38. The number of nitrogen functional groups attached to an aromatic ring is 1.